The maximum Gasteiger partial charge on any atom is 0.130 e. The van der Waals surface area contributed by atoms with E-state index in [1.165, 1.54) is 23.4 Å². The standard InChI is InChI=1S/C13H19N3S/c1-8(2)7-16(3)13-11(9-4-5-9)12(15)10(6-14)17-13/h8-9H,4-5,7,15H2,1-3H3. The van der Waals surface area contributed by atoms with Crippen LogP contribution in [0.4, 0.5) is 10.7 Å². The second-order valence-electron chi connectivity index (χ2n) is 5.22. The SMILES string of the molecule is CC(C)CN(C)c1sc(C#N)c(N)c1C1CC1. The van der Waals surface area contributed by atoms with Crippen molar-refractivity contribution >= 4 is 22.0 Å². The van der Waals surface area contributed by atoms with E-state index in [1.54, 1.807) is 11.3 Å². The number of nitrogens with two attached hydrogens (primary N) is 1. The van der Waals surface area contributed by atoms with Gasteiger partial charge >= 0.3 is 0 Å². The van der Waals surface area contributed by atoms with E-state index in [-0.39, 0.29) is 0 Å². The minimum atomic E-state index is 0.595. The fraction of sp³-hybridized carbons (Fsp3) is 0.615. The molecule has 0 radical (unpaired) electrons. The van der Waals surface area contributed by atoms with Gasteiger partial charge in [0.1, 0.15) is 10.9 Å². The van der Waals surface area contributed by atoms with Gasteiger partial charge in [0.2, 0.25) is 0 Å². The van der Waals surface area contributed by atoms with Gasteiger partial charge in [-0.1, -0.05) is 13.8 Å². The van der Waals surface area contributed by atoms with Gasteiger partial charge in [0.15, 0.2) is 0 Å². The van der Waals surface area contributed by atoms with Crippen LogP contribution in [0.1, 0.15) is 43.0 Å². The average molecular weight is 249 g/mol. The van der Waals surface area contributed by atoms with Crippen molar-refractivity contribution in [3.05, 3.63) is 10.4 Å². The largest absolute Gasteiger partial charge is 0.397 e. The Morgan fingerprint density at radius 3 is 2.65 bits per heavy atom. The first-order valence-corrected chi connectivity index (χ1v) is 6.89. The average Bonchev–Trinajstić information content (AvgIpc) is 3.02. The summed E-state index contributed by atoms with van der Waals surface area (Å²) < 4.78 is 0. The van der Waals surface area contributed by atoms with Crippen molar-refractivity contribution in [2.75, 3.05) is 24.2 Å². The molecule has 92 valence electrons. The van der Waals surface area contributed by atoms with E-state index in [0.717, 1.165) is 12.2 Å². The molecule has 0 amide bonds. The van der Waals surface area contributed by atoms with Gasteiger partial charge < -0.3 is 10.6 Å². The molecule has 0 bridgehead atoms. The molecular weight excluding hydrogens is 230 g/mol. The summed E-state index contributed by atoms with van der Waals surface area (Å²) in [5.74, 6) is 1.21. The van der Waals surface area contributed by atoms with Crippen LogP contribution >= 0.6 is 11.3 Å². The smallest absolute Gasteiger partial charge is 0.130 e. The van der Waals surface area contributed by atoms with E-state index in [9.17, 15) is 0 Å². The fourth-order valence-corrected chi connectivity index (χ4v) is 3.28. The summed E-state index contributed by atoms with van der Waals surface area (Å²) in [7, 11) is 2.10. The Morgan fingerprint density at radius 2 is 2.18 bits per heavy atom. The second kappa shape index (κ2) is 4.58. The number of nitrogens with zero attached hydrogens (tertiary/aromatic N) is 2. The number of anilines is 2. The van der Waals surface area contributed by atoms with Crippen LogP contribution in [0.15, 0.2) is 0 Å². The molecule has 0 spiro atoms. The summed E-state index contributed by atoms with van der Waals surface area (Å²) in [4.78, 5) is 2.93. The summed E-state index contributed by atoms with van der Waals surface area (Å²) in [6, 6.07) is 2.21. The van der Waals surface area contributed by atoms with Crippen LogP contribution in [-0.2, 0) is 0 Å². The molecule has 0 aliphatic heterocycles. The van der Waals surface area contributed by atoms with Crippen molar-refractivity contribution in [3.8, 4) is 6.07 Å². The third kappa shape index (κ3) is 2.39. The monoisotopic (exact) mass is 249 g/mol. The van der Waals surface area contributed by atoms with Gasteiger partial charge in [-0.3, -0.25) is 0 Å². The van der Waals surface area contributed by atoms with Crippen molar-refractivity contribution < 1.29 is 0 Å². The first-order valence-electron chi connectivity index (χ1n) is 6.08. The topological polar surface area (TPSA) is 53.0 Å². The highest BCUT2D eigenvalue weighted by Gasteiger charge is 2.32. The molecular formula is C13H19N3S. The molecule has 1 fully saturated rings. The van der Waals surface area contributed by atoms with Crippen molar-refractivity contribution in [1.29, 1.82) is 5.26 Å². The molecule has 1 saturated carbocycles. The predicted molar refractivity (Wildman–Crippen MR) is 73.5 cm³/mol. The van der Waals surface area contributed by atoms with E-state index >= 15 is 0 Å². The van der Waals surface area contributed by atoms with Gasteiger partial charge in [-0.2, -0.15) is 5.26 Å². The van der Waals surface area contributed by atoms with Gasteiger partial charge in [-0.25, -0.2) is 0 Å². The van der Waals surface area contributed by atoms with Crippen LogP contribution < -0.4 is 10.6 Å². The Labute approximate surface area is 107 Å². The van der Waals surface area contributed by atoms with Crippen molar-refractivity contribution in [2.45, 2.75) is 32.6 Å². The molecule has 0 saturated heterocycles. The van der Waals surface area contributed by atoms with Gasteiger partial charge in [0, 0.05) is 19.2 Å². The van der Waals surface area contributed by atoms with E-state index in [4.69, 9.17) is 11.0 Å². The molecule has 1 aliphatic carbocycles. The van der Waals surface area contributed by atoms with Crippen molar-refractivity contribution in [2.24, 2.45) is 5.92 Å². The number of rotatable bonds is 4. The lowest BCUT2D eigenvalue weighted by Crippen LogP contribution is -2.22. The minimum absolute atomic E-state index is 0.595. The molecule has 4 heteroatoms. The van der Waals surface area contributed by atoms with Gasteiger partial charge in [0.25, 0.3) is 0 Å². The summed E-state index contributed by atoms with van der Waals surface area (Å²) in [5, 5.41) is 10.3. The molecule has 2 N–H and O–H groups in total. The molecule has 2 rings (SSSR count). The number of nitrogen functional groups attached to an aromatic ring is 1. The Morgan fingerprint density at radius 1 is 1.53 bits per heavy atom. The highest BCUT2D eigenvalue weighted by molar-refractivity contribution is 7.17. The molecule has 17 heavy (non-hydrogen) atoms. The lowest BCUT2D eigenvalue weighted by Gasteiger charge is -2.21. The normalized spacial score (nSPS) is 15.0. The Hall–Kier alpha value is -1.21. The van der Waals surface area contributed by atoms with E-state index in [2.05, 4.69) is 31.9 Å². The van der Waals surface area contributed by atoms with Gasteiger partial charge in [-0.05, 0) is 24.7 Å². The molecule has 1 aliphatic rings. The zero-order chi connectivity index (χ0) is 12.6. The maximum absolute atomic E-state index is 9.08. The third-order valence-corrected chi connectivity index (χ3v) is 4.28. The lowest BCUT2D eigenvalue weighted by molar-refractivity contribution is 0.639. The molecule has 3 nitrogen and oxygen atoms in total. The zero-order valence-corrected chi connectivity index (χ0v) is 11.5. The summed E-state index contributed by atoms with van der Waals surface area (Å²) >= 11 is 1.54. The first kappa shape index (κ1) is 12.3. The minimum Gasteiger partial charge on any atom is -0.397 e. The predicted octanol–water partition coefficient (Wildman–Crippen LogP) is 3.17. The lowest BCUT2D eigenvalue weighted by atomic mass is 10.1. The molecule has 0 atom stereocenters. The molecule has 1 aromatic heterocycles. The number of thiophene rings is 1. The van der Waals surface area contributed by atoms with Crippen LogP contribution in [-0.4, -0.2) is 13.6 Å². The maximum atomic E-state index is 9.08. The van der Waals surface area contributed by atoms with E-state index < -0.39 is 0 Å². The third-order valence-electron chi connectivity index (χ3n) is 3.04. The number of hydrogen-bond acceptors (Lipinski definition) is 4. The summed E-state index contributed by atoms with van der Waals surface area (Å²) in [6.45, 7) is 5.41. The van der Waals surface area contributed by atoms with Crippen LogP contribution in [0.2, 0.25) is 0 Å². The van der Waals surface area contributed by atoms with Crippen LogP contribution in [0.5, 0.6) is 0 Å². The Balaban J connectivity index is 2.35. The zero-order valence-electron chi connectivity index (χ0n) is 10.7. The van der Waals surface area contributed by atoms with Crippen molar-refractivity contribution in [1.82, 2.24) is 0 Å². The summed E-state index contributed by atoms with van der Waals surface area (Å²) in [6.07, 6.45) is 2.43. The molecule has 1 aromatic rings. The van der Waals surface area contributed by atoms with Gasteiger partial charge in [-0.15, -0.1) is 11.3 Å². The fourth-order valence-electron chi connectivity index (χ4n) is 2.21. The van der Waals surface area contributed by atoms with Crippen LogP contribution in [0.25, 0.3) is 0 Å². The van der Waals surface area contributed by atoms with Crippen LogP contribution in [0.3, 0.4) is 0 Å². The summed E-state index contributed by atoms with van der Waals surface area (Å²) in [5.41, 5.74) is 8.04. The molecule has 0 aromatic carbocycles. The Bertz CT molecular complexity index is 452. The number of hydrogen-bond donors (Lipinski definition) is 1. The highest BCUT2D eigenvalue weighted by atomic mass is 32.1. The Kier molecular flexibility index (Phi) is 3.30. The molecule has 1 heterocycles. The van der Waals surface area contributed by atoms with E-state index in [1.807, 2.05) is 0 Å². The quantitative estimate of drug-likeness (QED) is 0.891. The second-order valence-corrected chi connectivity index (χ2v) is 6.22. The van der Waals surface area contributed by atoms with Gasteiger partial charge in [0.05, 0.1) is 10.7 Å². The first-order chi connectivity index (χ1) is 8.04. The highest BCUT2D eigenvalue weighted by Crippen LogP contribution is 2.51. The van der Waals surface area contributed by atoms with Crippen molar-refractivity contribution in [3.63, 3.8) is 0 Å². The number of nitriles is 1. The molecule has 0 unspecified atom stereocenters. The van der Waals surface area contributed by atoms with E-state index in [0.29, 0.717) is 16.7 Å². The van der Waals surface area contributed by atoms with Crippen LogP contribution in [0, 0.1) is 17.2 Å².